The zero-order valence-electron chi connectivity index (χ0n) is 19.0. The summed E-state index contributed by atoms with van der Waals surface area (Å²) in [5.74, 6) is -1.04. The first-order valence-electron chi connectivity index (χ1n) is 9.50. The van der Waals surface area contributed by atoms with Crippen molar-refractivity contribution >= 4 is 18.2 Å². The molecule has 0 aromatic carbocycles. The summed E-state index contributed by atoms with van der Waals surface area (Å²) in [4.78, 5) is 36.2. The van der Waals surface area contributed by atoms with Gasteiger partial charge < -0.3 is 24.8 Å². The van der Waals surface area contributed by atoms with Gasteiger partial charge in [-0.1, -0.05) is 13.8 Å². The molecule has 2 atom stereocenters. The van der Waals surface area contributed by atoms with Gasteiger partial charge >= 0.3 is 18.2 Å². The highest BCUT2D eigenvalue weighted by atomic mass is 16.6. The maximum absolute atomic E-state index is 12.3. The van der Waals surface area contributed by atoms with Gasteiger partial charge in [-0.25, -0.2) is 9.59 Å². The number of carbonyl (C=O) groups is 3. The highest BCUT2D eigenvalue weighted by Crippen LogP contribution is 2.28. The zero-order chi connectivity index (χ0) is 22.3. The summed E-state index contributed by atoms with van der Waals surface area (Å²) < 4.78 is 15.4. The topological polar surface area (TPSA) is 103 Å². The molecule has 2 N–H and O–H groups in total. The minimum atomic E-state index is -0.638. The molecule has 164 valence electrons. The fourth-order valence-electron chi connectivity index (χ4n) is 2.50. The molecule has 0 aliphatic heterocycles. The average Bonchev–Trinajstić information content (AvgIpc) is 2.46. The lowest BCUT2D eigenvalue weighted by Gasteiger charge is -2.32. The monoisotopic (exact) mass is 402 g/mol. The molecule has 0 aliphatic carbocycles. The Balaban J connectivity index is 4.99. The molecule has 0 aromatic rings. The number of amides is 2. The third kappa shape index (κ3) is 11.7. The fraction of sp³-hybridized carbons (Fsp3) is 0.850. The number of hydrogen-bond acceptors (Lipinski definition) is 6. The van der Waals surface area contributed by atoms with Crippen molar-refractivity contribution < 1.29 is 28.6 Å². The smallest absolute Gasteiger partial charge is 0.407 e. The lowest BCUT2D eigenvalue weighted by molar-refractivity contribution is -0.147. The highest BCUT2D eigenvalue weighted by molar-refractivity contribution is 5.75. The summed E-state index contributed by atoms with van der Waals surface area (Å²) in [7, 11) is 1.31. The number of methoxy groups -OCH3 is 1. The molecule has 0 aromatic heterocycles. The predicted octanol–water partition coefficient (Wildman–Crippen LogP) is 3.63. The molecule has 0 aliphatic rings. The molecule has 0 heterocycles. The van der Waals surface area contributed by atoms with E-state index in [1.54, 1.807) is 48.5 Å². The Morgan fingerprint density at radius 2 is 1.32 bits per heavy atom. The molecule has 0 bridgehead atoms. The van der Waals surface area contributed by atoms with Crippen LogP contribution in [0.3, 0.4) is 0 Å². The third-order valence-corrected chi connectivity index (χ3v) is 3.73. The number of ether oxygens (including phenoxy) is 3. The molecule has 1 unspecified atom stereocenters. The lowest BCUT2D eigenvalue weighted by atomic mass is 9.80. The van der Waals surface area contributed by atoms with Crippen molar-refractivity contribution in [1.29, 1.82) is 0 Å². The molecule has 0 saturated heterocycles. The van der Waals surface area contributed by atoms with Crippen molar-refractivity contribution in [1.82, 2.24) is 10.6 Å². The quantitative estimate of drug-likeness (QED) is 0.498. The Kier molecular flexibility index (Phi) is 9.27. The van der Waals surface area contributed by atoms with Crippen molar-refractivity contribution in [2.24, 2.45) is 11.3 Å². The second-order valence-corrected chi connectivity index (χ2v) is 9.79. The number of alkyl carbamates (subject to hydrolysis) is 2. The number of esters is 1. The highest BCUT2D eigenvalue weighted by Gasteiger charge is 2.34. The van der Waals surface area contributed by atoms with Crippen LogP contribution in [0, 0.1) is 11.3 Å². The molecule has 28 heavy (non-hydrogen) atoms. The Bertz CT molecular complexity index is 546. The van der Waals surface area contributed by atoms with Crippen LogP contribution in [0.4, 0.5) is 9.59 Å². The van der Waals surface area contributed by atoms with Gasteiger partial charge in [0.1, 0.15) is 11.2 Å². The second kappa shape index (κ2) is 9.98. The molecule has 0 radical (unpaired) electrons. The van der Waals surface area contributed by atoms with E-state index in [0.29, 0.717) is 13.0 Å². The van der Waals surface area contributed by atoms with Crippen LogP contribution in [0.1, 0.15) is 68.7 Å². The summed E-state index contributed by atoms with van der Waals surface area (Å²) >= 11 is 0. The second-order valence-electron chi connectivity index (χ2n) is 9.79. The Hall–Kier alpha value is -1.99. The minimum absolute atomic E-state index is 0.300. The van der Waals surface area contributed by atoms with Gasteiger partial charge in [-0.05, 0) is 60.3 Å². The first-order valence-corrected chi connectivity index (χ1v) is 9.50. The van der Waals surface area contributed by atoms with Gasteiger partial charge in [0.05, 0.1) is 13.0 Å². The summed E-state index contributed by atoms with van der Waals surface area (Å²) in [6.07, 6.45) is -0.736. The van der Waals surface area contributed by atoms with Gasteiger partial charge in [-0.2, -0.15) is 0 Å². The number of nitrogens with one attached hydrogen (secondary N) is 2. The summed E-state index contributed by atoms with van der Waals surface area (Å²) in [5.41, 5.74) is -1.67. The average molecular weight is 403 g/mol. The third-order valence-electron chi connectivity index (χ3n) is 3.73. The molecule has 2 amide bonds. The van der Waals surface area contributed by atoms with E-state index >= 15 is 0 Å². The van der Waals surface area contributed by atoms with Gasteiger partial charge in [0.15, 0.2) is 0 Å². The standard InChI is InChI=1S/C20H38N2O6/c1-13(22-17(25)28-19(5,6)7)14(15(23)26-10)11-20(8,9)12-21-16(24)27-18(2,3)4/h13-14H,11-12H2,1-10H3,(H,21,24)(H,22,25)/t13-,14?/m1/s1. The van der Waals surface area contributed by atoms with Crippen molar-refractivity contribution in [3.63, 3.8) is 0 Å². The van der Waals surface area contributed by atoms with Crippen LogP contribution in [-0.4, -0.2) is 49.1 Å². The van der Waals surface area contributed by atoms with E-state index in [0.717, 1.165) is 0 Å². The van der Waals surface area contributed by atoms with E-state index in [1.807, 2.05) is 13.8 Å². The molecular formula is C20H38N2O6. The first-order chi connectivity index (χ1) is 12.5. The molecule has 0 fully saturated rings. The molecule has 0 spiro atoms. The molecule has 0 saturated carbocycles. The van der Waals surface area contributed by atoms with Crippen LogP contribution in [0.5, 0.6) is 0 Å². The molecular weight excluding hydrogens is 364 g/mol. The van der Waals surface area contributed by atoms with Crippen LogP contribution in [-0.2, 0) is 19.0 Å². The molecule has 8 heteroatoms. The summed E-state index contributed by atoms with van der Waals surface area (Å²) in [6, 6.07) is -0.511. The van der Waals surface area contributed by atoms with E-state index < -0.39 is 46.7 Å². The summed E-state index contributed by atoms with van der Waals surface area (Å²) in [6.45, 7) is 16.5. The van der Waals surface area contributed by atoms with Gasteiger partial charge in [-0.3, -0.25) is 4.79 Å². The lowest BCUT2D eigenvalue weighted by Crippen LogP contribution is -2.46. The number of rotatable bonds is 7. The Morgan fingerprint density at radius 1 is 0.857 bits per heavy atom. The van der Waals surface area contributed by atoms with Gasteiger partial charge in [-0.15, -0.1) is 0 Å². The summed E-state index contributed by atoms with van der Waals surface area (Å²) in [5, 5.41) is 5.42. The van der Waals surface area contributed by atoms with Crippen molar-refractivity contribution in [3.8, 4) is 0 Å². The zero-order valence-corrected chi connectivity index (χ0v) is 19.0. The van der Waals surface area contributed by atoms with E-state index in [9.17, 15) is 14.4 Å². The number of hydrogen-bond donors (Lipinski definition) is 2. The predicted molar refractivity (Wildman–Crippen MR) is 107 cm³/mol. The Labute approximate surface area is 169 Å². The van der Waals surface area contributed by atoms with Crippen LogP contribution >= 0.6 is 0 Å². The van der Waals surface area contributed by atoms with Crippen LogP contribution < -0.4 is 10.6 Å². The van der Waals surface area contributed by atoms with E-state index in [2.05, 4.69) is 10.6 Å². The van der Waals surface area contributed by atoms with Gasteiger partial charge in [0.25, 0.3) is 0 Å². The van der Waals surface area contributed by atoms with E-state index in [4.69, 9.17) is 14.2 Å². The molecule has 0 rings (SSSR count). The van der Waals surface area contributed by atoms with Gasteiger partial charge in [0.2, 0.25) is 0 Å². The minimum Gasteiger partial charge on any atom is -0.469 e. The normalized spacial score (nSPS) is 14.5. The van der Waals surface area contributed by atoms with Crippen molar-refractivity contribution in [2.45, 2.75) is 86.0 Å². The fourth-order valence-corrected chi connectivity index (χ4v) is 2.50. The largest absolute Gasteiger partial charge is 0.469 e. The van der Waals surface area contributed by atoms with E-state index in [-0.39, 0.29) is 0 Å². The molecule has 8 nitrogen and oxygen atoms in total. The Morgan fingerprint density at radius 3 is 1.75 bits per heavy atom. The van der Waals surface area contributed by atoms with Crippen molar-refractivity contribution in [2.75, 3.05) is 13.7 Å². The first kappa shape index (κ1) is 26.0. The van der Waals surface area contributed by atoms with Crippen molar-refractivity contribution in [3.05, 3.63) is 0 Å². The number of carbonyl (C=O) groups excluding carboxylic acids is 3. The van der Waals surface area contributed by atoms with Gasteiger partial charge in [0, 0.05) is 12.6 Å². The SMILES string of the molecule is COC(=O)C(CC(C)(C)CNC(=O)OC(C)(C)C)[C@@H](C)NC(=O)OC(C)(C)C. The van der Waals surface area contributed by atoms with Crippen LogP contribution in [0.15, 0.2) is 0 Å². The van der Waals surface area contributed by atoms with Crippen LogP contribution in [0.25, 0.3) is 0 Å². The van der Waals surface area contributed by atoms with Crippen LogP contribution in [0.2, 0.25) is 0 Å². The van der Waals surface area contributed by atoms with E-state index in [1.165, 1.54) is 7.11 Å². The maximum atomic E-state index is 12.3. The maximum Gasteiger partial charge on any atom is 0.407 e.